The number of carbonyl (C=O) groups excluding carboxylic acids is 1. The SMILES string of the molecule is CCCN1CCC2(CC1)OCC[C@](C)(NC(=O)c1cc(F)ccc1OC)[C@H]2O. The normalized spacial score (nSPS) is 27.5. The Balaban J connectivity index is 1.76. The third kappa shape index (κ3) is 4.02. The van der Waals surface area contributed by atoms with E-state index in [9.17, 15) is 14.3 Å². The molecule has 2 atom stereocenters. The van der Waals surface area contributed by atoms with Crippen molar-refractivity contribution in [2.24, 2.45) is 0 Å². The highest BCUT2D eigenvalue weighted by molar-refractivity contribution is 5.97. The molecule has 0 bridgehead atoms. The third-order valence-corrected chi connectivity index (χ3v) is 6.16. The minimum atomic E-state index is -0.862. The summed E-state index contributed by atoms with van der Waals surface area (Å²) in [4.78, 5) is 15.3. The maximum atomic E-state index is 13.7. The van der Waals surface area contributed by atoms with Gasteiger partial charge >= 0.3 is 0 Å². The van der Waals surface area contributed by atoms with Crippen molar-refractivity contribution in [3.05, 3.63) is 29.6 Å². The van der Waals surface area contributed by atoms with Crippen LogP contribution in [-0.2, 0) is 4.74 Å². The van der Waals surface area contributed by atoms with Gasteiger partial charge in [-0.1, -0.05) is 6.92 Å². The Morgan fingerprint density at radius 2 is 2.11 bits per heavy atom. The molecule has 2 saturated heterocycles. The molecule has 2 N–H and O–H groups in total. The van der Waals surface area contributed by atoms with Crippen molar-refractivity contribution in [1.29, 1.82) is 0 Å². The highest BCUT2D eigenvalue weighted by Crippen LogP contribution is 2.40. The highest BCUT2D eigenvalue weighted by Gasteiger charge is 2.53. The van der Waals surface area contributed by atoms with E-state index in [2.05, 4.69) is 17.1 Å². The molecule has 156 valence electrons. The lowest BCUT2D eigenvalue weighted by atomic mass is 9.73. The molecule has 2 aliphatic rings. The van der Waals surface area contributed by atoms with E-state index in [1.54, 1.807) is 0 Å². The van der Waals surface area contributed by atoms with Gasteiger partial charge in [-0.2, -0.15) is 0 Å². The van der Waals surface area contributed by atoms with Crippen LogP contribution in [0.5, 0.6) is 5.75 Å². The third-order valence-electron chi connectivity index (χ3n) is 6.16. The number of amides is 1. The molecule has 1 aromatic carbocycles. The van der Waals surface area contributed by atoms with Crippen molar-refractivity contribution >= 4 is 5.91 Å². The minimum absolute atomic E-state index is 0.120. The van der Waals surface area contributed by atoms with Crippen LogP contribution in [0.1, 0.15) is 49.9 Å². The first-order chi connectivity index (χ1) is 13.3. The van der Waals surface area contributed by atoms with E-state index in [4.69, 9.17) is 9.47 Å². The van der Waals surface area contributed by atoms with Gasteiger partial charge in [-0.3, -0.25) is 4.79 Å². The fourth-order valence-corrected chi connectivity index (χ4v) is 4.47. The molecule has 1 amide bonds. The summed E-state index contributed by atoms with van der Waals surface area (Å²) in [7, 11) is 1.44. The van der Waals surface area contributed by atoms with Crippen LogP contribution < -0.4 is 10.1 Å². The van der Waals surface area contributed by atoms with Crippen LogP contribution in [-0.4, -0.2) is 66.5 Å². The van der Waals surface area contributed by atoms with E-state index in [0.717, 1.165) is 45.0 Å². The van der Waals surface area contributed by atoms with Crippen LogP contribution in [0, 0.1) is 5.82 Å². The number of hydrogen-bond acceptors (Lipinski definition) is 5. The lowest BCUT2D eigenvalue weighted by molar-refractivity contribution is -0.205. The van der Waals surface area contributed by atoms with Gasteiger partial charge in [0.05, 0.1) is 23.8 Å². The molecule has 7 heteroatoms. The number of methoxy groups -OCH3 is 1. The quantitative estimate of drug-likeness (QED) is 0.802. The van der Waals surface area contributed by atoms with E-state index < -0.39 is 29.0 Å². The molecule has 28 heavy (non-hydrogen) atoms. The number of aliphatic hydroxyl groups excluding tert-OH is 1. The number of aliphatic hydroxyl groups is 1. The lowest BCUT2D eigenvalue weighted by Gasteiger charge is -2.53. The van der Waals surface area contributed by atoms with Crippen molar-refractivity contribution in [2.45, 2.75) is 56.8 Å². The van der Waals surface area contributed by atoms with E-state index in [1.165, 1.54) is 19.2 Å². The summed E-state index contributed by atoms with van der Waals surface area (Å²) in [6, 6.07) is 3.83. The molecule has 1 aromatic rings. The smallest absolute Gasteiger partial charge is 0.255 e. The summed E-state index contributed by atoms with van der Waals surface area (Å²) < 4.78 is 24.9. The first-order valence-electron chi connectivity index (χ1n) is 10.0. The molecule has 0 radical (unpaired) electrons. The largest absolute Gasteiger partial charge is 0.496 e. The van der Waals surface area contributed by atoms with Crippen molar-refractivity contribution < 1.29 is 23.8 Å². The van der Waals surface area contributed by atoms with Crippen LogP contribution >= 0.6 is 0 Å². The topological polar surface area (TPSA) is 71.0 Å². The molecular weight excluding hydrogens is 363 g/mol. The number of piperidine rings is 1. The van der Waals surface area contributed by atoms with Crippen molar-refractivity contribution in [2.75, 3.05) is 33.4 Å². The first-order valence-corrected chi connectivity index (χ1v) is 10.0. The van der Waals surface area contributed by atoms with Gasteiger partial charge in [-0.05, 0) is 57.4 Å². The van der Waals surface area contributed by atoms with Crippen LogP contribution in [0.4, 0.5) is 4.39 Å². The Kier molecular flexibility index (Phi) is 6.27. The van der Waals surface area contributed by atoms with Gasteiger partial charge in [0.2, 0.25) is 0 Å². The predicted molar refractivity (Wildman–Crippen MR) is 104 cm³/mol. The maximum Gasteiger partial charge on any atom is 0.255 e. The number of hydrogen-bond donors (Lipinski definition) is 2. The second-order valence-electron chi connectivity index (χ2n) is 8.12. The van der Waals surface area contributed by atoms with E-state index in [0.29, 0.717) is 18.8 Å². The Labute approximate surface area is 166 Å². The Hall–Kier alpha value is -1.70. The number of halogens is 1. The van der Waals surface area contributed by atoms with Crippen molar-refractivity contribution in [3.63, 3.8) is 0 Å². The Morgan fingerprint density at radius 1 is 1.39 bits per heavy atom. The molecule has 0 aromatic heterocycles. The number of carbonyl (C=O) groups is 1. The molecule has 0 aliphatic carbocycles. The second kappa shape index (κ2) is 8.35. The minimum Gasteiger partial charge on any atom is -0.496 e. The number of benzene rings is 1. The zero-order valence-electron chi connectivity index (χ0n) is 17.0. The van der Waals surface area contributed by atoms with Gasteiger partial charge in [-0.25, -0.2) is 4.39 Å². The summed E-state index contributed by atoms with van der Waals surface area (Å²) in [6.07, 6.45) is 2.18. The van der Waals surface area contributed by atoms with E-state index >= 15 is 0 Å². The van der Waals surface area contributed by atoms with Crippen LogP contribution in [0.2, 0.25) is 0 Å². The van der Waals surface area contributed by atoms with Gasteiger partial charge in [0, 0.05) is 19.7 Å². The Bertz CT molecular complexity index is 706. The molecule has 0 unspecified atom stereocenters. The molecule has 6 nitrogen and oxygen atoms in total. The summed E-state index contributed by atoms with van der Waals surface area (Å²) >= 11 is 0. The molecule has 3 rings (SSSR count). The fourth-order valence-electron chi connectivity index (χ4n) is 4.47. The van der Waals surface area contributed by atoms with Crippen molar-refractivity contribution in [3.8, 4) is 5.75 Å². The fraction of sp³-hybridized carbons (Fsp3) is 0.667. The summed E-state index contributed by atoms with van der Waals surface area (Å²) in [5.41, 5.74) is -1.40. The number of nitrogens with one attached hydrogen (secondary N) is 1. The van der Waals surface area contributed by atoms with Gasteiger partial charge in [0.1, 0.15) is 17.7 Å². The maximum absolute atomic E-state index is 13.7. The molecule has 2 aliphatic heterocycles. The van der Waals surface area contributed by atoms with E-state index in [1.807, 2.05) is 6.92 Å². The van der Waals surface area contributed by atoms with Gasteiger partial charge < -0.3 is 24.8 Å². The average Bonchev–Trinajstić information content (AvgIpc) is 2.68. The number of rotatable bonds is 5. The molecule has 2 fully saturated rings. The van der Waals surface area contributed by atoms with Crippen molar-refractivity contribution in [1.82, 2.24) is 10.2 Å². The summed E-state index contributed by atoms with van der Waals surface area (Å²) in [5.74, 6) is -0.673. The Morgan fingerprint density at radius 3 is 2.75 bits per heavy atom. The predicted octanol–water partition coefficient (Wildman–Crippen LogP) is 2.35. The standard InChI is InChI=1S/C21H31FN2O4/c1-4-10-24-11-7-21(8-12-24)19(26)20(2,9-13-28-21)23-18(25)16-14-15(22)5-6-17(16)27-3/h5-6,14,19,26H,4,7-13H2,1-3H3,(H,23,25)/t19-,20+/m1/s1. The summed E-state index contributed by atoms with van der Waals surface area (Å²) in [6.45, 7) is 7.23. The molecule has 1 spiro atoms. The first kappa shape index (κ1) is 21.0. The highest BCUT2D eigenvalue weighted by atomic mass is 19.1. The summed E-state index contributed by atoms with van der Waals surface area (Å²) in [5, 5.41) is 14.2. The number of nitrogens with zero attached hydrogens (tertiary/aromatic N) is 1. The van der Waals surface area contributed by atoms with Gasteiger partial charge in [-0.15, -0.1) is 0 Å². The molecule has 2 heterocycles. The van der Waals surface area contributed by atoms with Crippen LogP contribution in [0.25, 0.3) is 0 Å². The van der Waals surface area contributed by atoms with Gasteiger partial charge in [0.15, 0.2) is 0 Å². The number of likely N-dealkylation sites (tertiary alicyclic amines) is 1. The number of ether oxygens (including phenoxy) is 2. The lowest BCUT2D eigenvalue weighted by Crippen LogP contribution is -2.69. The van der Waals surface area contributed by atoms with Crippen LogP contribution in [0.15, 0.2) is 18.2 Å². The van der Waals surface area contributed by atoms with E-state index in [-0.39, 0.29) is 5.56 Å². The second-order valence-corrected chi connectivity index (χ2v) is 8.12. The molecule has 0 saturated carbocycles. The van der Waals surface area contributed by atoms with Gasteiger partial charge in [0.25, 0.3) is 5.91 Å². The zero-order valence-corrected chi connectivity index (χ0v) is 17.0. The molecular formula is C21H31FN2O4. The monoisotopic (exact) mass is 394 g/mol. The van der Waals surface area contributed by atoms with Crippen LogP contribution in [0.3, 0.4) is 0 Å². The zero-order chi connectivity index (χ0) is 20.4. The average molecular weight is 394 g/mol.